The van der Waals surface area contributed by atoms with Gasteiger partial charge in [0.1, 0.15) is 5.15 Å². The number of carbonyl (C=O) groups excluding carboxylic acids is 1. The summed E-state index contributed by atoms with van der Waals surface area (Å²) in [5, 5.41) is 5.41. The van der Waals surface area contributed by atoms with Gasteiger partial charge in [-0.1, -0.05) is 23.2 Å². The second kappa shape index (κ2) is 7.72. The van der Waals surface area contributed by atoms with Gasteiger partial charge in [0.05, 0.1) is 10.4 Å². The highest BCUT2D eigenvalue weighted by Crippen LogP contribution is 2.36. The molecule has 1 aromatic carbocycles. The summed E-state index contributed by atoms with van der Waals surface area (Å²) in [6.07, 6.45) is 0. The van der Waals surface area contributed by atoms with Crippen molar-refractivity contribution in [1.82, 2.24) is 20.1 Å². The number of likely N-dealkylation sites (N-methyl/N-ethyl adjacent to an activating group) is 1. The second-order valence-electron chi connectivity index (χ2n) is 7.18. The summed E-state index contributed by atoms with van der Waals surface area (Å²) in [5.74, 6) is -0.0396. The Kier molecular flexibility index (Phi) is 5.32. The molecular weight excluding hydrogens is 380 g/mol. The van der Waals surface area contributed by atoms with E-state index in [0.29, 0.717) is 16.6 Å². The first-order chi connectivity index (χ1) is 13.0. The van der Waals surface area contributed by atoms with Gasteiger partial charge in [-0.05, 0) is 32.2 Å². The molecular formula is C20H23ClN4OS. The van der Waals surface area contributed by atoms with Crippen LogP contribution in [0.4, 0.5) is 0 Å². The monoisotopic (exact) mass is 402 g/mol. The molecule has 1 N–H and O–H groups in total. The molecule has 4 rings (SSSR count). The maximum absolute atomic E-state index is 12.6. The lowest BCUT2D eigenvalue weighted by Crippen LogP contribution is -2.46. The topological polar surface area (TPSA) is 48.5 Å². The molecule has 1 fully saturated rings. The van der Waals surface area contributed by atoms with Crippen molar-refractivity contribution in [1.29, 1.82) is 0 Å². The van der Waals surface area contributed by atoms with E-state index in [1.807, 2.05) is 18.2 Å². The number of nitrogens with one attached hydrogen (secondary N) is 1. The fourth-order valence-electron chi connectivity index (χ4n) is 3.44. The number of nitrogens with zero attached hydrogens (tertiary/aromatic N) is 3. The molecule has 1 amide bonds. The number of aryl methyl sites for hydroxylation is 1. The maximum atomic E-state index is 12.6. The van der Waals surface area contributed by atoms with E-state index >= 15 is 0 Å². The number of amides is 1. The number of pyridine rings is 1. The van der Waals surface area contributed by atoms with Crippen molar-refractivity contribution < 1.29 is 4.79 Å². The third-order valence-electron chi connectivity index (χ3n) is 5.10. The average molecular weight is 403 g/mol. The number of thiophene rings is 1. The third-order valence-corrected chi connectivity index (χ3v) is 6.56. The molecule has 0 unspecified atom stereocenters. The molecule has 0 atom stereocenters. The first-order valence-electron chi connectivity index (χ1n) is 9.20. The van der Waals surface area contributed by atoms with Crippen LogP contribution < -0.4 is 5.32 Å². The summed E-state index contributed by atoms with van der Waals surface area (Å²) in [7, 11) is 2.14. The fraction of sp³-hybridized carbons (Fsp3) is 0.400. The summed E-state index contributed by atoms with van der Waals surface area (Å²) < 4.78 is 1.03. The lowest BCUT2D eigenvalue weighted by molar-refractivity contribution is 0.0945. The molecule has 1 aliphatic rings. The summed E-state index contributed by atoms with van der Waals surface area (Å²) >= 11 is 7.85. The normalized spacial score (nSPS) is 16.3. The van der Waals surface area contributed by atoms with E-state index in [0.717, 1.165) is 53.7 Å². The Morgan fingerprint density at radius 1 is 1.22 bits per heavy atom. The van der Waals surface area contributed by atoms with Gasteiger partial charge in [0.25, 0.3) is 5.91 Å². The van der Waals surface area contributed by atoms with Gasteiger partial charge >= 0.3 is 0 Å². The molecule has 0 bridgehead atoms. The van der Waals surface area contributed by atoms with Crippen molar-refractivity contribution in [2.75, 3.05) is 46.3 Å². The van der Waals surface area contributed by atoms with Crippen LogP contribution in [0, 0.1) is 6.92 Å². The van der Waals surface area contributed by atoms with Gasteiger partial charge in [-0.2, -0.15) is 0 Å². The van der Waals surface area contributed by atoms with Crippen molar-refractivity contribution in [3.8, 4) is 0 Å². The van der Waals surface area contributed by atoms with E-state index in [1.54, 1.807) is 0 Å². The third kappa shape index (κ3) is 3.94. The van der Waals surface area contributed by atoms with Gasteiger partial charge in [-0.15, -0.1) is 11.3 Å². The van der Waals surface area contributed by atoms with Crippen LogP contribution in [0.5, 0.6) is 0 Å². The number of hydrogen-bond donors (Lipinski definition) is 1. The molecule has 1 saturated heterocycles. The van der Waals surface area contributed by atoms with E-state index in [2.05, 4.69) is 40.1 Å². The molecule has 3 aromatic rings. The smallest absolute Gasteiger partial charge is 0.261 e. The summed E-state index contributed by atoms with van der Waals surface area (Å²) in [6, 6.07) is 7.97. The van der Waals surface area contributed by atoms with Crippen LogP contribution in [0.2, 0.25) is 5.15 Å². The van der Waals surface area contributed by atoms with Crippen molar-refractivity contribution >= 4 is 49.8 Å². The Balaban J connectivity index is 1.50. The zero-order valence-electron chi connectivity index (χ0n) is 15.6. The van der Waals surface area contributed by atoms with Crippen LogP contribution in [-0.2, 0) is 0 Å². The first-order valence-corrected chi connectivity index (χ1v) is 10.4. The molecule has 5 nitrogen and oxygen atoms in total. The summed E-state index contributed by atoms with van der Waals surface area (Å²) in [4.78, 5) is 22.5. The number of rotatable bonds is 4. The summed E-state index contributed by atoms with van der Waals surface area (Å²) in [5.41, 5.74) is 2.03. The zero-order valence-corrected chi connectivity index (χ0v) is 17.2. The second-order valence-corrected chi connectivity index (χ2v) is 8.59. The Hall–Kier alpha value is -1.73. The van der Waals surface area contributed by atoms with Crippen molar-refractivity contribution in [3.63, 3.8) is 0 Å². The highest BCUT2D eigenvalue weighted by molar-refractivity contribution is 7.21. The fourth-order valence-corrected chi connectivity index (χ4v) is 4.83. The number of benzene rings is 1. The predicted octanol–water partition coefficient (Wildman–Crippen LogP) is 3.39. The average Bonchev–Trinajstić information content (AvgIpc) is 3.11. The number of aromatic nitrogens is 1. The molecule has 7 heteroatoms. The van der Waals surface area contributed by atoms with Crippen molar-refractivity contribution in [2.45, 2.75) is 6.92 Å². The maximum Gasteiger partial charge on any atom is 0.261 e. The lowest BCUT2D eigenvalue weighted by atomic mass is 10.1. The number of fused-ring (bicyclic) bond motifs is 3. The number of halogens is 1. The van der Waals surface area contributed by atoms with Crippen LogP contribution in [0.25, 0.3) is 21.0 Å². The Bertz CT molecular complexity index is 994. The Morgan fingerprint density at radius 2 is 2.00 bits per heavy atom. The molecule has 0 radical (unpaired) electrons. The largest absolute Gasteiger partial charge is 0.350 e. The molecule has 0 spiro atoms. The summed E-state index contributed by atoms with van der Waals surface area (Å²) in [6.45, 7) is 7.88. The quantitative estimate of drug-likeness (QED) is 0.679. The lowest BCUT2D eigenvalue weighted by Gasteiger charge is -2.32. The van der Waals surface area contributed by atoms with E-state index in [1.165, 1.54) is 16.9 Å². The van der Waals surface area contributed by atoms with Crippen molar-refractivity contribution in [3.05, 3.63) is 39.9 Å². The van der Waals surface area contributed by atoms with Gasteiger partial charge < -0.3 is 10.2 Å². The molecule has 0 aliphatic carbocycles. The van der Waals surface area contributed by atoms with Gasteiger partial charge in [0.15, 0.2) is 0 Å². The minimum atomic E-state index is -0.0396. The van der Waals surface area contributed by atoms with Gasteiger partial charge in [0.2, 0.25) is 0 Å². The highest BCUT2D eigenvalue weighted by atomic mass is 35.5. The Labute approximate surface area is 167 Å². The standard InChI is InChI=1S/C20H23ClN4OS/c1-13-3-4-16-14(11-13)18-15(19(21)23-16)12-17(27-18)20(26)22-5-6-25-9-7-24(2)8-10-25/h3-4,11-12H,5-10H2,1-2H3,(H,22,26). The van der Waals surface area contributed by atoms with Crippen molar-refractivity contribution in [2.24, 2.45) is 0 Å². The van der Waals surface area contributed by atoms with Crippen LogP contribution >= 0.6 is 22.9 Å². The number of piperazine rings is 1. The van der Waals surface area contributed by atoms with Gasteiger partial charge in [-0.3, -0.25) is 9.69 Å². The zero-order chi connectivity index (χ0) is 19.0. The van der Waals surface area contributed by atoms with Crippen LogP contribution in [0.15, 0.2) is 24.3 Å². The minimum absolute atomic E-state index is 0.0396. The first kappa shape index (κ1) is 18.6. The van der Waals surface area contributed by atoms with Crippen LogP contribution in [-0.4, -0.2) is 67.0 Å². The van der Waals surface area contributed by atoms with Gasteiger partial charge in [0, 0.05) is 54.7 Å². The molecule has 27 heavy (non-hydrogen) atoms. The highest BCUT2D eigenvalue weighted by Gasteiger charge is 2.17. The SMILES string of the molecule is Cc1ccc2nc(Cl)c3cc(C(=O)NCCN4CCN(C)CC4)sc3c2c1. The van der Waals surface area contributed by atoms with E-state index in [9.17, 15) is 4.79 Å². The van der Waals surface area contributed by atoms with Gasteiger partial charge in [-0.25, -0.2) is 4.98 Å². The molecule has 2 aromatic heterocycles. The van der Waals surface area contributed by atoms with E-state index in [4.69, 9.17) is 11.6 Å². The molecule has 142 valence electrons. The van der Waals surface area contributed by atoms with Crippen LogP contribution in [0.1, 0.15) is 15.2 Å². The van der Waals surface area contributed by atoms with E-state index < -0.39 is 0 Å². The Morgan fingerprint density at radius 3 is 2.78 bits per heavy atom. The number of hydrogen-bond acceptors (Lipinski definition) is 5. The van der Waals surface area contributed by atoms with E-state index in [-0.39, 0.29) is 5.91 Å². The molecule has 3 heterocycles. The molecule has 0 saturated carbocycles. The minimum Gasteiger partial charge on any atom is -0.350 e. The predicted molar refractivity (Wildman–Crippen MR) is 113 cm³/mol. The molecule has 1 aliphatic heterocycles. The number of carbonyl (C=O) groups is 1. The van der Waals surface area contributed by atoms with Crippen LogP contribution in [0.3, 0.4) is 0 Å².